The number of rotatable bonds is 3. The van der Waals surface area contributed by atoms with Gasteiger partial charge in [0.25, 0.3) is 5.69 Å². The molecule has 0 spiro atoms. The third-order valence-corrected chi connectivity index (χ3v) is 8.38. The minimum atomic E-state index is -0.312. The van der Waals surface area contributed by atoms with Gasteiger partial charge in [0.05, 0.1) is 22.3 Å². The van der Waals surface area contributed by atoms with E-state index < -0.39 is 0 Å². The standard InChI is InChI=1S/C27H24N4O2S/c1-27(2)20-15-19(31(32)33)13-14-22(20)28-25-21(27)16-34-26-23(25)24(17-9-5-3-6-10-17)29-30(26)18-11-7-4-8-12-18/h3-15,21,25,28H,16H2,1-2H3/t21-,25-/m1/s1. The molecule has 6 rings (SSSR count). The van der Waals surface area contributed by atoms with Crippen LogP contribution in [0.3, 0.4) is 0 Å². The monoisotopic (exact) mass is 468 g/mol. The summed E-state index contributed by atoms with van der Waals surface area (Å²) < 4.78 is 2.07. The van der Waals surface area contributed by atoms with Gasteiger partial charge in [-0.2, -0.15) is 5.10 Å². The van der Waals surface area contributed by atoms with Crippen LogP contribution in [0.1, 0.15) is 31.0 Å². The van der Waals surface area contributed by atoms with Crippen molar-refractivity contribution in [1.82, 2.24) is 9.78 Å². The van der Waals surface area contributed by atoms with Gasteiger partial charge in [0.1, 0.15) is 5.03 Å². The summed E-state index contributed by atoms with van der Waals surface area (Å²) in [7, 11) is 0. The van der Waals surface area contributed by atoms with Gasteiger partial charge in [-0.15, -0.1) is 11.8 Å². The van der Waals surface area contributed by atoms with Crippen molar-refractivity contribution < 1.29 is 4.92 Å². The normalized spacial score (nSPS) is 19.9. The van der Waals surface area contributed by atoms with E-state index in [9.17, 15) is 10.1 Å². The maximum Gasteiger partial charge on any atom is 0.269 e. The average Bonchev–Trinajstić information content (AvgIpc) is 3.25. The largest absolute Gasteiger partial charge is 0.377 e. The van der Waals surface area contributed by atoms with Crippen LogP contribution in [0.5, 0.6) is 0 Å². The van der Waals surface area contributed by atoms with Gasteiger partial charge in [0.15, 0.2) is 0 Å². The Kier molecular flexibility index (Phi) is 4.78. The Hall–Kier alpha value is -3.58. The Morgan fingerprint density at radius 2 is 1.76 bits per heavy atom. The summed E-state index contributed by atoms with van der Waals surface area (Å²) in [4.78, 5) is 11.1. The topological polar surface area (TPSA) is 73.0 Å². The summed E-state index contributed by atoms with van der Waals surface area (Å²) in [5.74, 6) is 1.14. The number of nitrogens with one attached hydrogen (secondary N) is 1. The van der Waals surface area contributed by atoms with Crippen molar-refractivity contribution >= 4 is 23.1 Å². The summed E-state index contributed by atoms with van der Waals surface area (Å²) in [6.45, 7) is 4.42. The first-order chi connectivity index (χ1) is 16.4. The summed E-state index contributed by atoms with van der Waals surface area (Å²) >= 11 is 1.83. The molecule has 2 aliphatic heterocycles. The molecule has 1 aromatic heterocycles. The fourth-order valence-electron chi connectivity index (χ4n) is 5.32. The lowest BCUT2D eigenvalue weighted by Gasteiger charge is -2.48. The van der Waals surface area contributed by atoms with E-state index in [4.69, 9.17) is 5.10 Å². The van der Waals surface area contributed by atoms with E-state index in [1.165, 1.54) is 5.56 Å². The van der Waals surface area contributed by atoms with Gasteiger partial charge >= 0.3 is 0 Å². The third kappa shape index (κ3) is 3.15. The van der Waals surface area contributed by atoms with Crippen LogP contribution in [0, 0.1) is 16.0 Å². The number of non-ortho nitro benzene ring substituents is 1. The van der Waals surface area contributed by atoms with Crippen LogP contribution >= 0.6 is 11.8 Å². The van der Waals surface area contributed by atoms with Crippen LogP contribution in [0.15, 0.2) is 83.9 Å². The van der Waals surface area contributed by atoms with Gasteiger partial charge < -0.3 is 5.32 Å². The van der Waals surface area contributed by atoms with Crippen molar-refractivity contribution in [3.8, 4) is 16.9 Å². The van der Waals surface area contributed by atoms with E-state index in [-0.39, 0.29) is 28.0 Å². The highest BCUT2D eigenvalue weighted by Crippen LogP contribution is 2.56. The molecule has 0 saturated carbocycles. The molecule has 3 heterocycles. The fourth-order valence-corrected chi connectivity index (χ4v) is 6.92. The molecule has 170 valence electrons. The Balaban J connectivity index is 1.56. The van der Waals surface area contributed by atoms with Crippen molar-refractivity contribution in [2.75, 3.05) is 11.1 Å². The van der Waals surface area contributed by atoms with Gasteiger partial charge in [-0.1, -0.05) is 62.4 Å². The van der Waals surface area contributed by atoms with E-state index >= 15 is 0 Å². The predicted molar refractivity (Wildman–Crippen MR) is 136 cm³/mol. The smallest absolute Gasteiger partial charge is 0.269 e. The van der Waals surface area contributed by atoms with Crippen molar-refractivity contribution in [1.29, 1.82) is 0 Å². The summed E-state index contributed by atoms with van der Waals surface area (Å²) in [5.41, 5.74) is 6.17. The van der Waals surface area contributed by atoms with Crippen molar-refractivity contribution in [3.63, 3.8) is 0 Å². The Morgan fingerprint density at radius 1 is 1.06 bits per heavy atom. The molecule has 3 aromatic carbocycles. The number of hydrogen-bond acceptors (Lipinski definition) is 5. The molecule has 2 atom stereocenters. The van der Waals surface area contributed by atoms with Gasteiger partial charge in [-0.05, 0) is 29.2 Å². The second kappa shape index (κ2) is 7.74. The summed E-state index contributed by atoms with van der Waals surface area (Å²) in [5, 5.41) is 21.5. The molecular weight excluding hydrogens is 444 g/mol. The zero-order chi connectivity index (χ0) is 23.4. The van der Waals surface area contributed by atoms with Crippen molar-refractivity contribution in [3.05, 3.63) is 100 Å². The first kappa shape index (κ1) is 21.0. The minimum absolute atomic E-state index is 0.0490. The predicted octanol–water partition coefficient (Wildman–Crippen LogP) is 6.61. The van der Waals surface area contributed by atoms with Crippen LogP contribution in [0.25, 0.3) is 16.9 Å². The van der Waals surface area contributed by atoms with Crippen LogP contribution in [-0.2, 0) is 5.41 Å². The Morgan fingerprint density at radius 3 is 2.47 bits per heavy atom. The van der Waals surface area contributed by atoms with Crippen LogP contribution < -0.4 is 5.32 Å². The molecule has 0 saturated heterocycles. The number of nitro groups is 1. The molecule has 7 heteroatoms. The van der Waals surface area contributed by atoms with E-state index in [1.54, 1.807) is 12.1 Å². The number of thioether (sulfide) groups is 1. The lowest BCUT2D eigenvalue weighted by atomic mass is 9.66. The molecule has 0 bridgehead atoms. The second-order valence-corrected chi connectivity index (χ2v) is 10.4. The molecule has 0 aliphatic carbocycles. The van der Waals surface area contributed by atoms with Gasteiger partial charge in [0.2, 0.25) is 0 Å². The minimum Gasteiger partial charge on any atom is -0.377 e. The van der Waals surface area contributed by atoms with E-state index in [0.717, 1.165) is 39.0 Å². The van der Waals surface area contributed by atoms with Crippen LogP contribution in [-0.4, -0.2) is 20.5 Å². The van der Waals surface area contributed by atoms with Gasteiger partial charge in [-0.25, -0.2) is 4.68 Å². The second-order valence-electron chi connectivity index (χ2n) is 9.43. The maximum atomic E-state index is 11.5. The fraction of sp³-hybridized carbons (Fsp3) is 0.222. The molecule has 6 nitrogen and oxygen atoms in total. The lowest BCUT2D eigenvalue weighted by molar-refractivity contribution is -0.385. The van der Waals surface area contributed by atoms with Crippen LogP contribution in [0.2, 0.25) is 0 Å². The number of aromatic nitrogens is 2. The zero-order valence-corrected chi connectivity index (χ0v) is 19.8. The maximum absolute atomic E-state index is 11.5. The van der Waals surface area contributed by atoms with E-state index in [2.05, 4.69) is 48.1 Å². The molecule has 0 radical (unpaired) electrons. The summed E-state index contributed by atoms with van der Waals surface area (Å²) in [6.07, 6.45) is 0. The number of fused-ring (bicyclic) bond motifs is 4. The van der Waals surface area contributed by atoms with E-state index in [0.29, 0.717) is 0 Å². The first-order valence-corrected chi connectivity index (χ1v) is 12.4. The highest BCUT2D eigenvalue weighted by Gasteiger charge is 2.48. The number of benzene rings is 3. The van der Waals surface area contributed by atoms with Crippen molar-refractivity contribution in [2.24, 2.45) is 5.92 Å². The molecule has 0 unspecified atom stereocenters. The molecule has 0 fully saturated rings. The summed E-state index contributed by atoms with van der Waals surface area (Å²) in [6, 6.07) is 25.8. The zero-order valence-electron chi connectivity index (χ0n) is 18.9. The SMILES string of the molecule is CC1(C)c2cc([N+](=O)[O-])ccc2N[C@H]2c3c(-c4ccccc4)nn(-c4ccccc4)c3SC[C@H]21. The molecule has 4 aromatic rings. The van der Waals surface area contributed by atoms with Gasteiger partial charge in [-0.3, -0.25) is 10.1 Å². The van der Waals surface area contributed by atoms with E-state index in [1.807, 2.05) is 54.2 Å². The quantitative estimate of drug-likeness (QED) is 0.270. The Labute approximate surface area is 202 Å². The number of hydrogen-bond donors (Lipinski definition) is 1. The number of nitro benzene ring substituents is 1. The third-order valence-electron chi connectivity index (χ3n) is 7.19. The highest BCUT2D eigenvalue weighted by atomic mass is 32.2. The first-order valence-electron chi connectivity index (χ1n) is 11.4. The molecule has 0 amide bonds. The van der Waals surface area contributed by atoms with Gasteiger partial charge in [0, 0.05) is 40.6 Å². The highest BCUT2D eigenvalue weighted by molar-refractivity contribution is 7.99. The molecule has 1 N–H and O–H groups in total. The lowest BCUT2D eigenvalue weighted by Crippen LogP contribution is -2.44. The number of anilines is 1. The number of nitrogens with zero attached hydrogens (tertiary/aromatic N) is 3. The molecular formula is C27H24N4O2S. The number of para-hydroxylation sites is 1. The average molecular weight is 469 g/mol. The Bertz CT molecular complexity index is 1400. The van der Waals surface area contributed by atoms with Crippen molar-refractivity contribution in [2.45, 2.75) is 30.3 Å². The molecule has 34 heavy (non-hydrogen) atoms. The molecule has 2 aliphatic rings. The van der Waals surface area contributed by atoms with Crippen LogP contribution in [0.4, 0.5) is 11.4 Å².